The maximum absolute atomic E-state index is 12.8. The first-order valence-corrected chi connectivity index (χ1v) is 7.70. The fraction of sp³-hybridized carbons (Fsp3) is 0.176. The van der Waals surface area contributed by atoms with Crippen LogP contribution >= 0.6 is 0 Å². The molecule has 3 aromatic rings. The van der Waals surface area contributed by atoms with Gasteiger partial charge < -0.3 is 15.2 Å². The summed E-state index contributed by atoms with van der Waals surface area (Å²) in [6.45, 7) is 0.681. The van der Waals surface area contributed by atoms with Gasteiger partial charge >= 0.3 is 6.03 Å². The second-order valence-corrected chi connectivity index (χ2v) is 5.24. The third-order valence-corrected chi connectivity index (χ3v) is 3.38. The number of urea groups is 1. The standard InChI is InChI=1S/C17H16FN5O2/c18-14-5-3-12(4-6-14)10-21-17(24)20-9-7-15-22-16(25-23-15)13-2-1-8-19-11-13/h1-6,8,11H,7,9-10H2,(H2,20,21,24). The maximum atomic E-state index is 12.8. The number of nitrogens with zero attached hydrogens (tertiary/aromatic N) is 3. The predicted molar refractivity (Wildman–Crippen MR) is 87.9 cm³/mol. The molecule has 0 unspecified atom stereocenters. The average molecular weight is 341 g/mol. The first kappa shape index (κ1) is 16.6. The van der Waals surface area contributed by atoms with Crippen LogP contribution in [0.15, 0.2) is 53.3 Å². The van der Waals surface area contributed by atoms with Crippen molar-refractivity contribution in [3.8, 4) is 11.5 Å². The highest BCUT2D eigenvalue weighted by Crippen LogP contribution is 2.14. The van der Waals surface area contributed by atoms with Crippen molar-refractivity contribution >= 4 is 6.03 Å². The first-order valence-electron chi connectivity index (χ1n) is 7.70. The summed E-state index contributed by atoms with van der Waals surface area (Å²) in [4.78, 5) is 20.0. The maximum Gasteiger partial charge on any atom is 0.315 e. The quantitative estimate of drug-likeness (QED) is 0.718. The van der Waals surface area contributed by atoms with Gasteiger partial charge in [-0.2, -0.15) is 4.98 Å². The molecular weight excluding hydrogens is 325 g/mol. The summed E-state index contributed by atoms with van der Waals surface area (Å²) in [5.74, 6) is 0.584. The van der Waals surface area contributed by atoms with Crippen LogP contribution in [0, 0.1) is 5.82 Å². The van der Waals surface area contributed by atoms with Crippen molar-refractivity contribution < 1.29 is 13.7 Å². The third-order valence-electron chi connectivity index (χ3n) is 3.38. The highest BCUT2D eigenvalue weighted by Gasteiger charge is 2.09. The van der Waals surface area contributed by atoms with Gasteiger partial charge in [0.15, 0.2) is 5.82 Å². The zero-order valence-corrected chi connectivity index (χ0v) is 13.3. The molecule has 0 spiro atoms. The van der Waals surface area contributed by atoms with E-state index in [1.54, 1.807) is 30.6 Å². The van der Waals surface area contributed by atoms with Crippen LogP contribution < -0.4 is 10.6 Å². The Morgan fingerprint density at radius 2 is 2.00 bits per heavy atom. The molecule has 0 aliphatic rings. The van der Waals surface area contributed by atoms with E-state index < -0.39 is 0 Å². The monoisotopic (exact) mass is 341 g/mol. The lowest BCUT2D eigenvalue weighted by Gasteiger charge is -2.06. The molecule has 2 aromatic heterocycles. The molecule has 128 valence electrons. The van der Waals surface area contributed by atoms with Gasteiger partial charge in [0.2, 0.25) is 0 Å². The molecule has 0 saturated heterocycles. The summed E-state index contributed by atoms with van der Waals surface area (Å²) in [7, 11) is 0. The summed E-state index contributed by atoms with van der Waals surface area (Å²) in [5, 5.41) is 9.26. The minimum Gasteiger partial charge on any atom is -0.338 e. The molecule has 7 nitrogen and oxygen atoms in total. The van der Waals surface area contributed by atoms with Crippen molar-refractivity contribution in [3.63, 3.8) is 0 Å². The molecule has 0 bridgehead atoms. The predicted octanol–water partition coefficient (Wildman–Crippen LogP) is 2.31. The van der Waals surface area contributed by atoms with Crippen molar-refractivity contribution in [2.75, 3.05) is 6.54 Å². The number of amides is 2. The number of hydrogen-bond donors (Lipinski definition) is 2. The van der Waals surface area contributed by atoms with E-state index in [4.69, 9.17) is 4.52 Å². The van der Waals surface area contributed by atoms with Crippen LogP contribution in [0.1, 0.15) is 11.4 Å². The van der Waals surface area contributed by atoms with Crippen molar-refractivity contribution in [2.45, 2.75) is 13.0 Å². The summed E-state index contributed by atoms with van der Waals surface area (Å²) < 4.78 is 18.0. The summed E-state index contributed by atoms with van der Waals surface area (Å²) in [6, 6.07) is 9.23. The molecule has 1 aromatic carbocycles. The SMILES string of the molecule is O=C(NCCc1noc(-c2cccnc2)n1)NCc1ccc(F)cc1. The van der Waals surface area contributed by atoms with Gasteiger partial charge in [0.05, 0.1) is 5.56 Å². The van der Waals surface area contributed by atoms with Crippen molar-refractivity contribution in [1.29, 1.82) is 0 Å². The van der Waals surface area contributed by atoms with Crippen LogP contribution in [-0.2, 0) is 13.0 Å². The van der Waals surface area contributed by atoms with Gasteiger partial charge in [-0.15, -0.1) is 0 Å². The molecule has 2 N–H and O–H groups in total. The van der Waals surface area contributed by atoms with Crippen LogP contribution in [0.2, 0.25) is 0 Å². The highest BCUT2D eigenvalue weighted by atomic mass is 19.1. The average Bonchev–Trinajstić information content (AvgIpc) is 3.11. The molecule has 0 saturated carbocycles. The van der Waals surface area contributed by atoms with E-state index >= 15 is 0 Å². The number of aromatic nitrogens is 3. The number of carbonyl (C=O) groups excluding carboxylic acids is 1. The van der Waals surface area contributed by atoms with Crippen molar-refractivity contribution in [3.05, 3.63) is 66.0 Å². The van der Waals surface area contributed by atoms with Crippen LogP contribution in [0.5, 0.6) is 0 Å². The molecule has 0 atom stereocenters. The zero-order valence-electron chi connectivity index (χ0n) is 13.3. The Kier molecular flexibility index (Phi) is 5.30. The Labute approximate surface area is 143 Å². The molecule has 2 amide bonds. The van der Waals surface area contributed by atoms with E-state index in [0.29, 0.717) is 31.2 Å². The molecular formula is C17H16FN5O2. The van der Waals surface area contributed by atoms with Gasteiger partial charge in [-0.3, -0.25) is 4.98 Å². The summed E-state index contributed by atoms with van der Waals surface area (Å²) in [5.41, 5.74) is 1.56. The lowest BCUT2D eigenvalue weighted by Crippen LogP contribution is -2.36. The molecule has 0 aliphatic carbocycles. The minimum atomic E-state index is -0.319. The number of hydrogen-bond acceptors (Lipinski definition) is 5. The first-order chi connectivity index (χ1) is 12.2. The normalized spacial score (nSPS) is 10.4. The molecule has 2 heterocycles. The fourth-order valence-electron chi connectivity index (χ4n) is 2.10. The number of benzene rings is 1. The van der Waals surface area contributed by atoms with Crippen molar-refractivity contribution in [2.24, 2.45) is 0 Å². The Hall–Kier alpha value is -3.29. The van der Waals surface area contributed by atoms with E-state index in [2.05, 4.69) is 25.8 Å². The van der Waals surface area contributed by atoms with Gasteiger partial charge in [0, 0.05) is 31.9 Å². The van der Waals surface area contributed by atoms with E-state index in [-0.39, 0.29) is 11.8 Å². The van der Waals surface area contributed by atoms with Gasteiger partial charge in [-0.25, -0.2) is 9.18 Å². The minimum absolute atomic E-state index is 0.307. The fourth-order valence-corrected chi connectivity index (χ4v) is 2.10. The Bertz CT molecular complexity index is 821. The lowest BCUT2D eigenvalue weighted by atomic mass is 10.2. The van der Waals surface area contributed by atoms with Crippen LogP contribution in [-0.4, -0.2) is 27.7 Å². The number of pyridine rings is 1. The van der Waals surface area contributed by atoms with Gasteiger partial charge in [-0.1, -0.05) is 17.3 Å². The van der Waals surface area contributed by atoms with Crippen molar-refractivity contribution in [1.82, 2.24) is 25.8 Å². The van der Waals surface area contributed by atoms with Crippen LogP contribution in [0.4, 0.5) is 9.18 Å². The number of nitrogens with one attached hydrogen (secondary N) is 2. The molecule has 0 aliphatic heterocycles. The molecule has 0 radical (unpaired) electrons. The Morgan fingerprint density at radius 1 is 1.16 bits per heavy atom. The highest BCUT2D eigenvalue weighted by molar-refractivity contribution is 5.73. The van der Waals surface area contributed by atoms with Crippen LogP contribution in [0.25, 0.3) is 11.5 Å². The number of carbonyl (C=O) groups is 1. The zero-order chi connectivity index (χ0) is 17.5. The molecule has 3 rings (SSSR count). The van der Waals surface area contributed by atoms with Gasteiger partial charge in [0.25, 0.3) is 5.89 Å². The van der Waals surface area contributed by atoms with Crippen LogP contribution in [0.3, 0.4) is 0 Å². The Balaban J connectivity index is 1.41. The molecule has 0 fully saturated rings. The number of rotatable bonds is 6. The Morgan fingerprint density at radius 3 is 2.76 bits per heavy atom. The lowest BCUT2D eigenvalue weighted by molar-refractivity contribution is 0.240. The van der Waals surface area contributed by atoms with E-state index in [9.17, 15) is 9.18 Å². The summed E-state index contributed by atoms with van der Waals surface area (Å²) >= 11 is 0. The van der Waals surface area contributed by atoms with Gasteiger partial charge in [-0.05, 0) is 29.8 Å². The topological polar surface area (TPSA) is 92.9 Å². The molecule has 8 heteroatoms. The molecule has 25 heavy (non-hydrogen) atoms. The second-order valence-electron chi connectivity index (χ2n) is 5.24. The van der Waals surface area contributed by atoms with E-state index in [1.165, 1.54) is 12.1 Å². The largest absolute Gasteiger partial charge is 0.338 e. The second kappa shape index (κ2) is 8.00. The van der Waals surface area contributed by atoms with E-state index in [0.717, 1.165) is 11.1 Å². The summed E-state index contributed by atoms with van der Waals surface area (Å²) in [6.07, 6.45) is 3.74. The van der Waals surface area contributed by atoms with E-state index in [1.807, 2.05) is 6.07 Å². The number of halogens is 1. The van der Waals surface area contributed by atoms with Gasteiger partial charge in [0.1, 0.15) is 5.82 Å². The smallest absolute Gasteiger partial charge is 0.315 e. The third kappa shape index (κ3) is 4.84.